The summed E-state index contributed by atoms with van der Waals surface area (Å²) in [5, 5.41) is 2.98. The summed E-state index contributed by atoms with van der Waals surface area (Å²) in [4.78, 5) is 11.6. The Labute approximate surface area is 98.2 Å². The Balaban J connectivity index is 1.61. The van der Waals surface area contributed by atoms with Gasteiger partial charge in [0.1, 0.15) is 0 Å². The highest BCUT2D eigenvalue weighted by Gasteiger charge is 2.26. The highest BCUT2D eigenvalue weighted by Crippen LogP contribution is 2.27. The molecular weight excluding hydrogens is 200 g/mol. The molecule has 0 aromatic rings. The van der Waals surface area contributed by atoms with Gasteiger partial charge in [0.25, 0.3) is 0 Å². The average molecular weight is 224 g/mol. The molecule has 0 saturated heterocycles. The molecule has 2 saturated carbocycles. The van der Waals surface area contributed by atoms with Gasteiger partial charge in [-0.15, -0.1) is 0 Å². The first-order valence-corrected chi connectivity index (χ1v) is 6.81. The molecule has 0 bridgehead atoms. The van der Waals surface area contributed by atoms with E-state index in [-0.39, 0.29) is 11.9 Å². The molecule has 16 heavy (non-hydrogen) atoms. The van der Waals surface area contributed by atoms with Crippen LogP contribution in [0.15, 0.2) is 0 Å². The van der Waals surface area contributed by atoms with Crippen LogP contribution >= 0.6 is 0 Å². The summed E-state index contributed by atoms with van der Waals surface area (Å²) in [6.07, 6.45) is 11.1. The molecule has 0 unspecified atom stereocenters. The number of carbonyl (C=O) groups is 1. The molecule has 92 valence electrons. The van der Waals surface area contributed by atoms with Gasteiger partial charge in [0.15, 0.2) is 0 Å². The topological polar surface area (TPSA) is 55.1 Å². The number of hydrogen-bond acceptors (Lipinski definition) is 2. The van der Waals surface area contributed by atoms with E-state index in [9.17, 15) is 4.79 Å². The second-order valence-corrected chi connectivity index (χ2v) is 5.47. The third kappa shape index (κ3) is 3.78. The fraction of sp³-hybridized carbons (Fsp3) is 0.923. The number of rotatable bonds is 5. The quantitative estimate of drug-likeness (QED) is 0.750. The lowest BCUT2D eigenvalue weighted by molar-refractivity contribution is -0.122. The van der Waals surface area contributed by atoms with E-state index in [1.54, 1.807) is 0 Å². The van der Waals surface area contributed by atoms with Gasteiger partial charge in [0.05, 0.1) is 6.04 Å². The molecule has 1 atom stereocenters. The van der Waals surface area contributed by atoms with Crippen LogP contribution in [0.4, 0.5) is 0 Å². The van der Waals surface area contributed by atoms with Crippen molar-refractivity contribution in [3.8, 4) is 0 Å². The van der Waals surface area contributed by atoms with Crippen LogP contribution in [0.1, 0.15) is 57.8 Å². The zero-order valence-corrected chi connectivity index (χ0v) is 10.1. The first-order chi connectivity index (χ1) is 7.75. The highest BCUT2D eigenvalue weighted by atomic mass is 16.2. The van der Waals surface area contributed by atoms with Crippen LogP contribution < -0.4 is 11.1 Å². The van der Waals surface area contributed by atoms with Gasteiger partial charge in [-0.1, -0.05) is 32.1 Å². The van der Waals surface area contributed by atoms with Gasteiger partial charge in [-0.3, -0.25) is 4.79 Å². The number of nitrogens with two attached hydrogens (primary N) is 1. The molecule has 2 rings (SSSR count). The van der Waals surface area contributed by atoms with Gasteiger partial charge in [0.2, 0.25) is 5.91 Å². The average Bonchev–Trinajstić information content (AvgIpc) is 3.11. The minimum absolute atomic E-state index is 0.0679. The highest BCUT2D eigenvalue weighted by molar-refractivity contribution is 5.81. The molecule has 0 radical (unpaired) electrons. The van der Waals surface area contributed by atoms with E-state index in [2.05, 4.69) is 5.32 Å². The van der Waals surface area contributed by atoms with Gasteiger partial charge < -0.3 is 11.1 Å². The second-order valence-electron chi connectivity index (χ2n) is 5.47. The van der Waals surface area contributed by atoms with Crippen molar-refractivity contribution in [2.24, 2.45) is 11.7 Å². The summed E-state index contributed by atoms with van der Waals surface area (Å²) in [6, 6.07) is 0.163. The Morgan fingerprint density at radius 3 is 2.50 bits per heavy atom. The molecule has 3 nitrogen and oxygen atoms in total. The largest absolute Gasteiger partial charge is 0.352 e. The standard InChI is InChI=1S/C13H24N2O/c14-12(13(16)15-11-7-8-11)9-6-10-4-2-1-3-5-10/h10-12H,1-9,14H2,(H,15,16)/t12-/m0/s1. The summed E-state index contributed by atoms with van der Waals surface area (Å²) in [5.74, 6) is 0.895. The summed E-state index contributed by atoms with van der Waals surface area (Å²) >= 11 is 0. The van der Waals surface area contributed by atoms with Crippen molar-refractivity contribution in [3.05, 3.63) is 0 Å². The molecule has 3 heteroatoms. The lowest BCUT2D eigenvalue weighted by Crippen LogP contribution is -2.41. The molecule has 3 N–H and O–H groups in total. The van der Waals surface area contributed by atoms with E-state index in [4.69, 9.17) is 5.73 Å². The molecule has 0 aromatic heterocycles. The minimum Gasteiger partial charge on any atom is -0.352 e. The maximum atomic E-state index is 11.6. The first-order valence-electron chi connectivity index (χ1n) is 6.81. The van der Waals surface area contributed by atoms with Crippen molar-refractivity contribution in [1.82, 2.24) is 5.32 Å². The van der Waals surface area contributed by atoms with Crippen LogP contribution in [0.25, 0.3) is 0 Å². The maximum absolute atomic E-state index is 11.6. The fourth-order valence-corrected chi connectivity index (χ4v) is 2.56. The summed E-state index contributed by atoms with van der Waals surface area (Å²) < 4.78 is 0. The van der Waals surface area contributed by atoms with Gasteiger partial charge in [-0.05, 0) is 31.6 Å². The number of carbonyl (C=O) groups excluding carboxylic acids is 1. The van der Waals surface area contributed by atoms with Crippen molar-refractivity contribution in [1.29, 1.82) is 0 Å². The van der Waals surface area contributed by atoms with Gasteiger partial charge in [-0.2, -0.15) is 0 Å². The molecule has 0 aromatic carbocycles. The van der Waals surface area contributed by atoms with Crippen LogP contribution in [0.5, 0.6) is 0 Å². The minimum atomic E-state index is -0.275. The summed E-state index contributed by atoms with van der Waals surface area (Å²) in [7, 11) is 0. The van der Waals surface area contributed by atoms with E-state index in [1.165, 1.54) is 32.1 Å². The Bertz CT molecular complexity index is 232. The Morgan fingerprint density at radius 2 is 1.88 bits per heavy atom. The molecule has 0 aliphatic heterocycles. The van der Waals surface area contributed by atoms with Crippen LogP contribution in [-0.2, 0) is 4.79 Å². The number of amides is 1. The second kappa shape index (κ2) is 5.67. The van der Waals surface area contributed by atoms with E-state index in [0.717, 1.165) is 31.6 Å². The van der Waals surface area contributed by atoms with Gasteiger partial charge >= 0.3 is 0 Å². The Hall–Kier alpha value is -0.570. The van der Waals surface area contributed by atoms with Crippen LogP contribution in [0.3, 0.4) is 0 Å². The lowest BCUT2D eigenvalue weighted by atomic mass is 9.85. The van der Waals surface area contributed by atoms with E-state index < -0.39 is 0 Å². The molecule has 2 fully saturated rings. The molecule has 0 spiro atoms. The van der Waals surface area contributed by atoms with Gasteiger partial charge in [0, 0.05) is 6.04 Å². The molecular formula is C13H24N2O. The SMILES string of the molecule is N[C@@H](CCC1CCCCC1)C(=O)NC1CC1. The lowest BCUT2D eigenvalue weighted by Gasteiger charge is -2.22. The Morgan fingerprint density at radius 1 is 1.19 bits per heavy atom. The van der Waals surface area contributed by atoms with Crippen molar-refractivity contribution in [2.45, 2.75) is 69.9 Å². The van der Waals surface area contributed by atoms with Crippen molar-refractivity contribution in [3.63, 3.8) is 0 Å². The smallest absolute Gasteiger partial charge is 0.237 e. The summed E-state index contributed by atoms with van der Waals surface area (Å²) in [6.45, 7) is 0. The summed E-state index contributed by atoms with van der Waals surface area (Å²) in [5.41, 5.74) is 5.90. The van der Waals surface area contributed by atoms with Crippen LogP contribution in [0.2, 0.25) is 0 Å². The maximum Gasteiger partial charge on any atom is 0.237 e. The van der Waals surface area contributed by atoms with Crippen LogP contribution in [-0.4, -0.2) is 18.0 Å². The van der Waals surface area contributed by atoms with Gasteiger partial charge in [-0.25, -0.2) is 0 Å². The number of hydrogen-bond donors (Lipinski definition) is 2. The monoisotopic (exact) mass is 224 g/mol. The van der Waals surface area contributed by atoms with Crippen molar-refractivity contribution < 1.29 is 4.79 Å². The zero-order chi connectivity index (χ0) is 11.4. The molecule has 0 heterocycles. The molecule has 1 amide bonds. The predicted molar refractivity (Wildman–Crippen MR) is 64.9 cm³/mol. The van der Waals surface area contributed by atoms with E-state index in [1.807, 2.05) is 0 Å². The third-order valence-electron chi connectivity index (χ3n) is 3.87. The van der Waals surface area contributed by atoms with E-state index in [0.29, 0.717) is 6.04 Å². The first kappa shape index (κ1) is 11.9. The fourth-order valence-electron chi connectivity index (χ4n) is 2.56. The van der Waals surface area contributed by atoms with Crippen molar-refractivity contribution in [2.75, 3.05) is 0 Å². The molecule has 2 aliphatic carbocycles. The third-order valence-corrected chi connectivity index (χ3v) is 3.87. The van der Waals surface area contributed by atoms with Crippen molar-refractivity contribution >= 4 is 5.91 Å². The zero-order valence-electron chi connectivity index (χ0n) is 10.1. The van der Waals surface area contributed by atoms with E-state index >= 15 is 0 Å². The predicted octanol–water partition coefficient (Wildman–Crippen LogP) is 1.95. The Kier molecular flexibility index (Phi) is 4.22. The normalized spacial score (nSPS) is 24.1. The van der Waals surface area contributed by atoms with Crippen LogP contribution in [0, 0.1) is 5.92 Å². The molecule has 2 aliphatic rings. The number of nitrogens with one attached hydrogen (secondary N) is 1.